The summed E-state index contributed by atoms with van der Waals surface area (Å²) in [7, 11) is 0. The molecule has 14 heavy (non-hydrogen) atoms. The van der Waals surface area contributed by atoms with Gasteiger partial charge in [-0.2, -0.15) is 0 Å². The van der Waals surface area contributed by atoms with Gasteiger partial charge in [-0.25, -0.2) is 9.18 Å². The average Bonchev–Trinajstić information content (AvgIpc) is 2.19. The molecule has 1 aromatic carbocycles. The van der Waals surface area contributed by atoms with Crippen LogP contribution >= 0.6 is 0 Å². The van der Waals surface area contributed by atoms with E-state index >= 15 is 0 Å². The normalized spacial score (nSPS) is 9.57. The highest BCUT2D eigenvalue weighted by molar-refractivity contribution is 5.91. The van der Waals surface area contributed by atoms with Crippen LogP contribution in [0.3, 0.4) is 0 Å². The van der Waals surface area contributed by atoms with Crippen molar-refractivity contribution >= 4 is 12.3 Å². The number of carbonyl (C=O) groups is 2. The van der Waals surface area contributed by atoms with Crippen molar-refractivity contribution in [1.29, 1.82) is 0 Å². The van der Waals surface area contributed by atoms with Crippen molar-refractivity contribution in [2.45, 2.75) is 6.92 Å². The Morgan fingerprint density at radius 2 is 2.29 bits per heavy atom. The van der Waals surface area contributed by atoms with Gasteiger partial charge in [0.05, 0.1) is 12.2 Å². The lowest BCUT2D eigenvalue weighted by Gasteiger charge is -2.03. The van der Waals surface area contributed by atoms with Crippen LogP contribution in [0, 0.1) is 5.82 Å². The van der Waals surface area contributed by atoms with E-state index in [1.807, 2.05) is 0 Å². The van der Waals surface area contributed by atoms with Gasteiger partial charge < -0.3 is 4.74 Å². The van der Waals surface area contributed by atoms with Crippen LogP contribution in [0.25, 0.3) is 0 Å². The van der Waals surface area contributed by atoms with E-state index < -0.39 is 11.8 Å². The summed E-state index contributed by atoms with van der Waals surface area (Å²) in [6.45, 7) is 1.79. The molecule has 0 aliphatic rings. The van der Waals surface area contributed by atoms with E-state index in [0.717, 1.165) is 6.07 Å². The Morgan fingerprint density at radius 1 is 1.57 bits per heavy atom. The molecule has 0 fully saturated rings. The second-order valence-corrected chi connectivity index (χ2v) is 2.58. The molecular formula is C10H9FO3. The van der Waals surface area contributed by atoms with Crippen LogP contribution in [0.15, 0.2) is 18.2 Å². The van der Waals surface area contributed by atoms with Crippen molar-refractivity contribution in [1.82, 2.24) is 0 Å². The van der Waals surface area contributed by atoms with Gasteiger partial charge in [0.25, 0.3) is 0 Å². The van der Waals surface area contributed by atoms with Gasteiger partial charge in [-0.3, -0.25) is 4.79 Å². The summed E-state index contributed by atoms with van der Waals surface area (Å²) in [6, 6.07) is 3.53. The van der Waals surface area contributed by atoms with E-state index in [9.17, 15) is 14.0 Å². The Morgan fingerprint density at radius 3 is 2.86 bits per heavy atom. The van der Waals surface area contributed by atoms with Gasteiger partial charge in [-0.1, -0.05) is 0 Å². The lowest BCUT2D eigenvalue weighted by atomic mass is 10.1. The minimum Gasteiger partial charge on any atom is -0.462 e. The maximum Gasteiger partial charge on any atom is 0.341 e. The Labute approximate surface area is 80.5 Å². The smallest absolute Gasteiger partial charge is 0.341 e. The van der Waals surface area contributed by atoms with E-state index in [-0.39, 0.29) is 17.7 Å². The molecule has 0 aromatic heterocycles. The summed E-state index contributed by atoms with van der Waals surface area (Å²) in [5.41, 5.74) is 0.0332. The molecule has 0 heterocycles. The zero-order chi connectivity index (χ0) is 10.6. The topological polar surface area (TPSA) is 43.4 Å². The lowest BCUT2D eigenvalue weighted by Crippen LogP contribution is -2.07. The zero-order valence-electron chi connectivity index (χ0n) is 7.62. The number of aldehydes is 1. The van der Waals surface area contributed by atoms with Crippen molar-refractivity contribution < 1.29 is 18.7 Å². The fraction of sp³-hybridized carbons (Fsp3) is 0.200. The van der Waals surface area contributed by atoms with E-state index in [1.165, 1.54) is 12.1 Å². The molecule has 0 spiro atoms. The largest absolute Gasteiger partial charge is 0.462 e. The molecule has 0 saturated heterocycles. The highest BCUT2D eigenvalue weighted by atomic mass is 19.1. The molecule has 0 atom stereocenters. The van der Waals surface area contributed by atoms with Gasteiger partial charge in [0, 0.05) is 5.56 Å². The van der Waals surface area contributed by atoms with Crippen molar-refractivity contribution in [2.24, 2.45) is 0 Å². The zero-order valence-corrected chi connectivity index (χ0v) is 7.62. The molecule has 1 rings (SSSR count). The summed E-state index contributed by atoms with van der Waals surface area (Å²) in [5.74, 6) is -1.44. The van der Waals surface area contributed by atoms with E-state index in [1.54, 1.807) is 6.92 Å². The van der Waals surface area contributed by atoms with Gasteiger partial charge in [0.15, 0.2) is 0 Å². The molecule has 74 valence electrons. The van der Waals surface area contributed by atoms with Crippen LogP contribution in [0.1, 0.15) is 27.6 Å². The molecule has 0 amide bonds. The third-order valence-corrected chi connectivity index (χ3v) is 1.62. The predicted octanol–water partition coefficient (Wildman–Crippen LogP) is 1.81. The molecule has 4 heteroatoms. The molecule has 1 aromatic rings. The van der Waals surface area contributed by atoms with Crippen LogP contribution in [0.5, 0.6) is 0 Å². The fourth-order valence-corrected chi connectivity index (χ4v) is 0.981. The van der Waals surface area contributed by atoms with Gasteiger partial charge in [0.2, 0.25) is 0 Å². The van der Waals surface area contributed by atoms with Crippen molar-refractivity contribution in [3.05, 3.63) is 35.1 Å². The first-order chi connectivity index (χ1) is 6.69. The van der Waals surface area contributed by atoms with Crippen LogP contribution in [-0.4, -0.2) is 18.9 Å². The van der Waals surface area contributed by atoms with Crippen LogP contribution in [0.2, 0.25) is 0 Å². The minimum absolute atomic E-state index is 0.170. The van der Waals surface area contributed by atoms with Gasteiger partial charge in [0.1, 0.15) is 12.1 Å². The minimum atomic E-state index is -0.756. The second kappa shape index (κ2) is 4.50. The highest BCUT2D eigenvalue weighted by Crippen LogP contribution is 2.10. The van der Waals surface area contributed by atoms with Crippen molar-refractivity contribution in [3.63, 3.8) is 0 Å². The third kappa shape index (κ3) is 2.16. The molecule has 0 aliphatic carbocycles. The summed E-state index contributed by atoms with van der Waals surface area (Å²) >= 11 is 0. The highest BCUT2D eigenvalue weighted by Gasteiger charge is 2.12. The molecule has 0 aliphatic heterocycles. The Bertz CT molecular complexity index is 360. The Kier molecular flexibility index (Phi) is 3.34. The van der Waals surface area contributed by atoms with E-state index in [0.29, 0.717) is 6.29 Å². The summed E-state index contributed by atoms with van der Waals surface area (Å²) < 4.78 is 17.7. The van der Waals surface area contributed by atoms with Gasteiger partial charge in [-0.15, -0.1) is 0 Å². The fourth-order valence-electron chi connectivity index (χ4n) is 0.981. The number of esters is 1. The third-order valence-electron chi connectivity index (χ3n) is 1.62. The maximum absolute atomic E-state index is 13.1. The second-order valence-electron chi connectivity index (χ2n) is 2.58. The summed E-state index contributed by atoms with van der Waals surface area (Å²) in [6.07, 6.45) is 0.544. The first kappa shape index (κ1) is 10.4. The SMILES string of the molecule is CCOC(=O)c1cc(C=O)ccc1F. The molecule has 3 nitrogen and oxygen atoms in total. The average molecular weight is 196 g/mol. The van der Waals surface area contributed by atoms with Crippen molar-refractivity contribution in [3.8, 4) is 0 Å². The first-order valence-corrected chi connectivity index (χ1v) is 4.11. The molecular weight excluding hydrogens is 187 g/mol. The number of ether oxygens (including phenoxy) is 1. The number of carbonyl (C=O) groups excluding carboxylic acids is 2. The number of benzene rings is 1. The van der Waals surface area contributed by atoms with Gasteiger partial charge >= 0.3 is 5.97 Å². The molecule has 0 saturated carbocycles. The first-order valence-electron chi connectivity index (χ1n) is 4.11. The van der Waals surface area contributed by atoms with Crippen molar-refractivity contribution in [2.75, 3.05) is 6.61 Å². The number of hydrogen-bond donors (Lipinski definition) is 0. The number of hydrogen-bond acceptors (Lipinski definition) is 3. The summed E-state index contributed by atoms with van der Waals surface area (Å²) in [4.78, 5) is 21.5. The molecule has 0 unspecified atom stereocenters. The van der Waals surface area contributed by atoms with Crippen LogP contribution in [-0.2, 0) is 4.74 Å². The maximum atomic E-state index is 13.1. The molecule has 0 radical (unpaired) electrons. The molecule has 0 bridgehead atoms. The van der Waals surface area contributed by atoms with Crippen LogP contribution < -0.4 is 0 Å². The molecule has 0 N–H and O–H groups in total. The predicted molar refractivity (Wildman–Crippen MR) is 47.7 cm³/mol. The lowest BCUT2D eigenvalue weighted by molar-refractivity contribution is 0.0521. The van der Waals surface area contributed by atoms with E-state index in [2.05, 4.69) is 4.74 Å². The van der Waals surface area contributed by atoms with E-state index in [4.69, 9.17) is 0 Å². The van der Waals surface area contributed by atoms with Gasteiger partial charge in [-0.05, 0) is 25.1 Å². The quantitative estimate of drug-likeness (QED) is 0.547. The standard InChI is InChI=1S/C10H9FO3/c1-2-14-10(13)8-5-7(6-12)3-4-9(8)11/h3-6H,2H2,1H3. The summed E-state index contributed by atoms with van der Waals surface area (Å²) in [5, 5.41) is 0. The van der Waals surface area contributed by atoms with Crippen LogP contribution in [0.4, 0.5) is 4.39 Å². The number of rotatable bonds is 3. The number of halogens is 1. The Balaban J connectivity index is 3.05. The monoisotopic (exact) mass is 196 g/mol. The Hall–Kier alpha value is -1.71.